The number of benzene rings is 4. The fraction of sp³-hybridized carbons (Fsp3) is 0.0714. The summed E-state index contributed by atoms with van der Waals surface area (Å²) in [4.78, 5) is 26.9. The van der Waals surface area contributed by atoms with Gasteiger partial charge in [-0.3, -0.25) is 9.69 Å². The first-order valence-corrected chi connectivity index (χ1v) is 11.8. The van der Waals surface area contributed by atoms with Crippen molar-refractivity contribution < 1.29 is 18.7 Å². The summed E-state index contributed by atoms with van der Waals surface area (Å²) in [5.41, 5.74) is 2.50. The van der Waals surface area contributed by atoms with Crippen molar-refractivity contribution in [3.8, 4) is 5.75 Å². The second-order valence-electron chi connectivity index (χ2n) is 8.12. The third-order valence-electron chi connectivity index (χ3n) is 5.74. The maximum Gasteiger partial charge on any atom is 0.329 e. The van der Waals surface area contributed by atoms with Crippen molar-refractivity contribution >= 4 is 44.7 Å². The molecule has 0 aromatic heterocycles. The van der Waals surface area contributed by atoms with Gasteiger partial charge in [-0.15, -0.1) is 0 Å². The van der Waals surface area contributed by atoms with Crippen LogP contribution in [0.3, 0.4) is 0 Å². The molecule has 0 aliphatic carbocycles. The number of carbonyl (C=O) groups excluding carboxylic acids is 2. The van der Waals surface area contributed by atoms with Crippen molar-refractivity contribution in [2.24, 2.45) is 0 Å². The summed E-state index contributed by atoms with van der Waals surface area (Å²) in [6.45, 7) is 0.392. The zero-order valence-corrected chi connectivity index (χ0v) is 20.1. The Morgan fingerprint density at radius 2 is 1.60 bits per heavy atom. The van der Waals surface area contributed by atoms with Gasteiger partial charge in [-0.25, -0.2) is 9.18 Å². The van der Waals surface area contributed by atoms with Gasteiger partial charge in [0.15, 0.2) is 0 Å². The molecule has 5 rings (SSSR count). The van der Waals surface area contributed by atoms with Crippen molar-refractivity contribution in [3.05, 3.63) is 118 Å². The second-order valence-corrected chi connectivity index (χ2v) is 9.04. The number of rotatable bonds is 6. The van der Waals surface area contributed by atoms with Crippen LogP contribution in [0.5, 0.6) is 5.75 Å². The summed E-state index contributed by atoms with van der Waals surface area (Å²) >= 11 is 3.39. The lowest BCUT2D eigenvalue weighted by molar-refractivity contribution is -0.123. The number of halogens is 2. The molecule has 0 unspecified atom stereocenters. The van der Waals surface area contributed by atoms with E-state index in [1.165, 1.54) is 17.0 Å². The van der Waals surface area contributed by atoms with Crippen molar-refractivity contribution in [3.63, 3.8) is 0 Å². The van der Waals surface area contributed by atoms with Crippen molar-refractivity contribution in [1.29, 1.82) is 0 Å². The van der Waals surface area contributed by atoms with Gasteiger partial charge in [-0.05, 0) is 58.3 Å². The van der Waals surface area contributed by atoms with E-state index in [1.54, 1.807) is 18.2 Å². The molecule has 0 bridgehead atoms. The maximum atomic E-state index is 13.3. The number of ether oxygens (including phenoxy) is 1. The number of nitrogens with one attached hydrogen (secondary N) is 1. The molecule has 0 atom stereocenters. The summed E-state index contributed by atoms with van der Waals surface area (Å²) in [7, 11) is 0. The molecule has 4 aromatic carbocycles. The van der Waals surface area contributed by atoms with Crippen molar-refractivity contribution in [2.75, 3.05) is 0 Å². The fourth-order valence-electron chi connectivity index (χ4n) is 3.92. The minimum absolute atomic E-state index is 0.165. The van der Waals surface area contributed by atoms with Crippen LogP contribution in [-0.2, 0) is 17.9 Å². The molecule has 1 N–H and O–H groups in total. The summed E-state index contributed by atoms with van der Waals surface area (Å²) in [5, 5.41) is 4.55. The number of amides is 3. The van der Waals surface area contributed by atoms with Crippen LogP contribution in [0, 0.1) is 5.82 Å². The van der Waals surface area contributed by atoms with Gasteiger partial charge in [-0.1, -0.05) is 70.5 Å². The standard InChI is InChI=1S/C28H20BrFN2O3/c29-21-10-5-18(6-11-21)16-32-27(33)25(31-28(32)34)15-24-23-4-2-1-3-20(23)9-14-26(24)35-17-19-7-12-22(30)13-8-19/h1-15H,16-17H2,(H,31,34)/b25-15+. The SMILES string of the molecule is O=C1N/C(=C/c2c(OCc3ccc(F)cc3)ccc3ccccc23)C(=O)N1Cc1ccc(Br)cc1. The minimum Gasteiger partial charge on any atom is -0.488 e. The first-order valence-electron chi connectivity index (χ1n) is 11.0. The molecule has 1 saturated heterocycles. The van der Waals surface area contributed by atoms with Gasteiger partial charge in [0.05, 0.1) is 6.54 Å². The largest absolute Gasteiger partial charge is 0.488 e. The smallest absolute Gasteiger partial charge is 0.329 e. The van der Waals surface area contributed by atoms with E-state index in [0.717, 1.165) is 26.4 Å². The normalized spacial score (nSPS) is 14.6. The molecule has 5 nitrogen and oxygen atoms in total. The number of imide groups is 1. The molecule has 0 spiro atoms. The highest BCUT2D eigenvalue weighted by atomic mass is 79.9. The molecule has 1 fully saturated rings. The van der Waals surface area contributed by atoms with Gasteiger partial charge in [-0.2, -0.15) is 0 Å². The van der Waals surface area contributed by atoms with Gasteiger partial charge >= 0.3 is 6.03 Å². The van der Waals surface area contributed by atoms with E-state index in [0.29, 0.717) is 11.3 Å². The predicted octanol–water partition coefficient (Wildman–Crippen LogP) is 6.41. The maximum absolute atomic E-state index is 13.3. The molecular weight excluding hydrogens is 511 g/mol. The van der Waals surface area contributed by atoms with E-state index in [2.05, 4.69) is 21.2 Å². The van der Waals surface area contributed by atoms with Crippen LogP contribution in [-0.4, -0.2) is 16.8 Å². The highest BCUT2D eigenvalue weighted by molar-refractivity contribution is 9.10. The number of fused-ring (bicyclic) bond motifs is 1. The first-order chi connectivity index (χ1) is 17.0. The number of urea groups is 1. The Bertz CT molecular complexity index is 1450. The van der Waals surface area contributed by atoms with Crippen LogP contribution >= 0.6 is 15.9 Å². The number of nitrogens with zero attached hydrogens (tertiary/aromatic N) is 1. The third kappa shape index (κ3) is 4.95. The monoisotopic (exact) mass is 530 g/mol. The number of hydrogen-bond donors (Lipinski definition) is 1. The predicted molar refractivity (Wildman–Crippen MR) is 136 cm³/mol. The molecule has 0 radical (unpaired) electrons. The van der Waals surface area contributed by atoms with E-state index in [4.69, 9.17) is 4.74 Å². The lowest BCUT2D eigenvalue weighted by Gasteiger charge is -2.13. The average molecular weight is 531 g/mol. The van der Waals surface area contributed by atoms with Crippen LogP contribution in [0.25, 0.3) is 16.8 Å². The van der Waals surface area contributed by atoms with E-state index in [1.807, 2.05) is 60.7 Å². The van der Waals surface area contributed by atoms with Gasteiger partial charge in [0, 0.05) is 10.0 Å². The van der Waals surface area contributed by atoms with Gasteiger partial charge in [0.25, 0.3) is 5.91 Å². The molecule has 1 heterocycles. The van der Waals surface area contributed by atoms with E-state index < -0.39 is 11.9 Å². The Labute approximate surface area is 210 Å². The van der Waals surface area contributed by atoms with Crippen LogP contribution in [0.2, 0.25) is 0 Å². The summed E-state index contributed by atoms with van der Waals surface area (Å²) in [5.74, 6) is -0.169. The molecule has 1 aliphatic rings. The fourth-order valence-corrected chi connectivity index (χ4v) is 4.19. The highest BCUT2D eigenvalue weighted by Gasteiger charge is 2.33. The van der Waals surface area contributed by atoms with E-state index in [9.17, 15) is 14.0 Å². The van der Waals surface area contributed by atoms with Gasteiger partial charge in [0.2, 0.25) is 0 Å². The van der Waals surface area contributed by atoms with Gasteiger partial charge in [0.1, 0.15) is 23.9 Å². The molecule has 35 heavy (non-hydrogen) atoms. The molecule has 1 aliphatic heterocycles. The van der Waals surface area contributed by atoms with E-state index in [-0.39, 0.29) is 24.7 Å². The molecule has 4 aromatic rings. The molecule has 7 heteroatoms. The minimum atomic E-state index is -0.474. The summed E-state index contributed by atoms with van der Waals surface area (Å²) in [6, 6.07) is 24.6. The molecule has 3 amide bonds. The van der Waals surface area contributed by atoms with Crippen LogP contribution in [0.15, 0.2) is 95.1 Å². The topological polar surface area (TPSA) is 58.6 Å². The average Bonchev–Trinajstić information content (AvgIpc) is 3.13. The Balaban J connectivity index is 1.46. The van der Waals surface area contributed by atoms with E-state index >= 15 is 0 Å². The quantitative estimate of drug-likeness (QED) is 0.231. The van der Waals surface area contributed by atoms with Gasteiger partial charge < -0.3 is 10.1 Å². The van der Waals surface area contributed by atoms with Crippen molar-refractivity contribution in [2.45, 2.75) is 13.2 Å². The third-order valence-corrected chi connectivity index (χ3v) is 6.27. The first kappa shape index (κ1) is 22.8. The van der Waals surface area contributed by atoms with Crippen LogP contribution in [0.1, 0.15) is 16.7 Å². The lowest BCUT2D eigenvalue weighted by Crippen LogP contribution is -2.30. The van der Waals surface area contributed by atoms with Crippen LogP contribution in [0.4, 0.5) is 9.18 Å². The Morgan fingerprint density at radius 3 is 2.37 bits per heavy atom. The van der Waals surface area contributed by atoms with Crippen molar-refractivity contribution in [1.82, 2.24) is 10.2 Å². The second kappa shape index (κ2) is 9.72. The lowest BCUT2D eigenvalue weighted by atomic mass is 10.0. The zero-order chi connectivity index (χ0) is 24.4. The number of carbonyl (C=O) groups is 2. The summed E-state index contributed by atoms with van der Waals surface area (Å²) < 4.78 is 20.2. The Hall–Kier alpha value is -3.97. The molecule has 174 valence electrons. The molecule has 0 saturated carbocycles. The Morgan fingerprint density at radius 1 is 0.886 bits per heavy atom. The van der Waals surface area contributed by atoms with Crippen LogP contribution < -0.4 is 10.1 Å². The zero-order valence-electron chi connectivity index (χ0n) is 18.5. The number of hydrogen-bond acceptors (Lipinski definition) is 3. The summed E-state index contributed by atoms with van der Waals surface area (Å²) in [6.07, 6.45) is 1.66. The Kier molecular flexibility index (Phi) is 6.33. The molecular formula is C28H20BrFN2O3. The highest BCUT2D eigenvalue weighted by Crippen LogP contribution is 2.32.